The average molecular weight is 139 g/mol. The van der Waals surface area contributed by atoms with Crippen molar-refractivity contribution < 1.29 is 4.79 Å². The maximum Gasteiger partial charge on any atom is 0.235 e. The third-order valence-electron chi connectivity index (χ3n) is 2.35. The van der Waals surface area contributed by atoms with Crippen molar-refractivity contribution in [2.24, 2.45) is 16.8 Å². The zero-order chi connectivity index (χ0) is 7.78. The fraction of sp³-hybridized carbons (Fsp3) is 0.875. The quantitative estimate of drug-likeness (QED) is 0.423. The van der Waals surface area contributed by atoms with Crippen molar-refractivity contribution in [3.63, 3.8) is 0 Å². The lowest BCUT2D eigenvalue weighted by Gasteiger charge is -2.15. The molecule has 0 spiro atoms. The van der Waals surface area contributed by atoms with Crippen LogP contribution in [-0.4, -0.2) is 11.6 Å². The third-order valence-corrected chi connectivity index (χ3v) is 2.35. The minimum Gasteiger partial charge on any atom is -0.211 e. The van der Waals surface area contributed by atoms with E-state index in [1.807, 2.05) is 13.8 Å². The Morgan fingerprint density at radius 1 is 1.60 bits per heavy atom. The molecule has 2 heteroatoms. The normalized spacial score (nSPS) is 31.1. The molecule has 2 nitrogen and oxygen atoms in total. The number of rotatable bonds is 2. The van der Waals surface area contributed by atoms with Crippen molar-refractivity contribution in [1.29, 1.82) is 0 Å². The minimum atomic E-state index is -0.166. The largest absolute Gasteiger partial charge is 0.235 e. The van der Waals surface area contributed by atoms with Gasteiger partial charge in [-0.2, -0.15) is 4.99 Å². The van der Waals surface area contributed by atoms with Gasteiger partial charge in [-0.3, -0.25) is 0 Å². The number of isocyanates is 1. The van der Waals surface area contributed by atoms with Crippen LogP contribution in [0, 0.1) is 11.8 Å². The number of aliphatic imine (C=N–C) groups is 1. The van der Waals surface area contributed by atoms with E-state index in [2.05, 4.69) is 11.9 Å². The molecule has 2 atom stereocenters. The van der Waals surface area contributed by atoms with Crippen LogP contribution in [-0.2, 0) is 4.79 Å². The molecule has 56 valence electrons. The Morgan fingerprint density at radius 2 is 2.10 bits per heavy atom. The Labute approximate surface area is 61.3 Å². The van der Waals surface area contributed by atoms with Gasteiger partial charge in [-0.25, -0.2) is 4.79 Å². The van der Waals surface area contributed by atoms with E-state index in [-0.39, 0.29) is 5.54 Å². The van der Waals surface area contributed by atoms with E-state index in [4.69, 9.17) is 0 Å². The predicted molar refractivity (Wildman–Crippen MR) is 39.5 cm³/mol. The topological polar surface area (TPSA) is 29.4 Å². The summed E-state index contributed by atoms with van der Waals surface area (Å²) < 4.78 is 0. The second-order valence-electron chi connectivity index (χ2n) is 3.68. The number of hydrogen-bond donors (Lipinski definition) is 0. The van der Waals surface area contributed by atoms with Gasteiger partial charge in [-0.1, -0.05) is 6.92 Å². The lowest BCUT2D eigenvalue weighted by Crippen LogP contribution is -2.19. The van der Waals surface area contributed by atoms with E-state index in [1.54, 1.807) is 6.08 Å². The van der Waals surface area contributed by atoms with Gasteiger partial charge in [0.1, 0.15) is 0 Å². The van der Waals surface area contributed by atoms with E-state index in [9.17, 15) is 4.79 Å². The number of carbonyl (C=O) groups excluding carboxylic acids is 1. The highest BCUT2D eigenvalue weighted by Crippen LogP contribution is 2.47. The molecular formula is C8H13NO. The Hall–Kier alpha value is -0.620. The van der Waals surface area contributed by atoms with Gasteiger partial charge in [0.25, 0.3) is 0 Å². The molecule has 0 amide bonds. The summed E-state index contributed by atoms with van der Waals surface area (Å²) in [5, 5.41) is 0. The third kappa shape index (κ3) is 1.27. The van der Waals surface area contributed by atoms with Crippen LogP contribution >= 0.6 is 0 Å². The van der Waals surface area contributed by atoms with E-state index in [1.165, 1.54) is 6.42 Å². The smallest absolute Gasteiger partial charge is 0.211 e. The molecule has 0 aromatic heterocycles. The molecule has 0 saturated heterocycles. The van der Waals surface area contributed by atoms with E-state index in [0.29, 0.717) is 5.92 Å². The van der Waals surface area contributed by atoms with Crippen LogP contribution in [0.1, 0.15) is 27.2 Å². The van der Waals surface area contributed by atoms with Crippen molar-refractivity contribution in [2.45, 2.75) is 32.7 Å². The highest BCUT2D eigenvalue weighted by Gasteiger charge is 2.44. The second-order valence-corrected chi connectivity index (χ2v) is 3.68. The van der Waals surface area contributed by atoms with Crippen LogP contribution in [0.5, 0.6) is 0 Å². The summed E-state index contributed by atoms with van der Waals surface area (Å²) in [6.07, 6.45) is 2.83. The van der Waals surface area contributed by atoms with Crippen LogP contribution in [0.2, 0.25) is 0 Å². The summed E-state index contributed by atoms with van der Waals surface area (Å²) in [6, 6.07) is 0. The zero-order valence-corrected chi connectivity index (χ0v) is 6.72. The van der Waals surface area contributed by atoms with Gasteiger partial charge in [0.2, 0.25) is 6.08 Å². The molecule has 1 rings (SSSR count). The Kier molecular flexibility index (Phi) is 1.65. The van der Waals surface area contributed by atoms with Gasteiger partial charge in [-0.05, 0) is 32.1 Å². The molecule has 0 N–H and O–H groups in total. The maximum atomic E-state index is 9.97. The summed E-state index contributed by atoms with van der Waals surface area (Å²) in [5.74, 6) is 1.35. The fourth-order valence-corrected chi connectivity index (χ4v) is 1.51. The summed E-state index contributed by atoms with van der Waals surface area (Å²) in [6.45, 7) is 6.17. The molecule has 0 radical (unpaired) electrons. The Morgan fingerprint density at radius 3 is 2.40 bits per heavy atom. The fourth-order valence-electron chi connectivity index (χ4n) is 1.51. The van der Waals surface area contributed by atoms with Gasteiger partial charge in [-0.15, -0.1) is 0 Å². The van der Waals surface area contributed by atoms with Crippen LogP contribution in [0.15, 0.2) is 4.99 Å². The molecule has 1 saturated carbocycles. The average Bonchev–Trinajstić information content (AvgIpc) is 2.46. The van der Waals surface area contributed by atoms with Crippen molar-refractivity contribution in [1.82, 2.24) is 0 Å². The van der Waals surface area contributed by atoms with Crippen molar-refractivity contribution in [3.8, 4) is 0 Å². The van der Waals surface area contributed by atoms with Gasteiger partial charge in [0.15, 0.2) is 0 Å². The Bertz CT molecular complexity index is 180. The molecular weight excluding hydrogens is 126 g/mol. The molecule has 0 heterocycles. The van der Waals surface area contributed by atoms with Gasteiger partial charge in [0, 0.05) is 0 Å². The van der Waals surface area contributed by atoms with Crippen molar-refractivity contribution in [3.05, 3.63) is 0 Å². The highest BCUT2D eigenvalue weighted by atomic mass is 16.1. The first-order chi connectivity index (χ1) is 4.58. The molecule has 0 aromatic rings. The standard InChI is InChI=1S/C8H13NO/c1-6-4-7(6)8(2,3)9-5-10/h6-7H,4H2,1-3H3. The molecule has 1 aliphatic rings. The van der Waals surface area contributed by atoms with Gasteiger partial charge in [0.05, 0.1) is 5.54 Å². The summed E-state index contributed by atoms with van der Waals surface area (Å²) in [5.41, 5.74) is -0.166. The molecule has 0 aromatic carbocycles. The van der Waals surface area contributed by atoms with Crippen LogP contribution < -0.4 is 0 Å². The second kappa shape index (κ2) is 2.21. The molecule has 0 bridgehead atoms. The van der Waals surface area contributed by atoms with Crippen molar-refractivity contribution >= 4 is 6.08 Å². The number of nitrogens with zero attached hydrogens (tertiary/aromatic N) is 1. The van der Waals surface area contributed by atoms with Crippen LogP contribution in [0.25, 0.3) is 0 Å². The van der Waals surface area contributed by atoms with E-state index < -0.39 is 0 Å². The van der Waals surface area contributed by atoms with Crippen LogP contribution in [0.4, 0.5) is 0 Å². The SMILES string of the molecule is CC1CC1C(C)(C)N=C=O. The summed E-state index contributed by atoms with van der Waals surface area (Å²) in [7, 11) is 0. The molecule has 10 heavy (non-hydrogen) atoms. The van der Waals surface area contributed by atoms with Crippen LogP contribution in [0.3, 0.4) is 0 Å². The van der Waals surface area contributed by atoms with E-state index in [0.717, 1.165) is 5.92 Å². The maximum absolute atomic E-state index is 9.97. The first-order valence-electron chi connectivity index (χ1n) is 3.67. The van der Waals surface area contributed by atoms with Gasteiger partial charge < -0.3 is 0 Å². The monoisotopic (exact) mass is 139 g/mol. The minimum absolute atomic E-state index is 0.166. The molecule has 1 aliphatic carbocycles. The van der Waals surface area contributed by atoms with Crippen molar-refractivity contribution in [2.75, 3.05) is 0 Å². The lowest BCUT2D eigenvalue weighted by molar-refractivity contribution is 0.428. The number of hydrogen-bond acceptors (Lipinski definition) is 2. The Balaban J connectivity index is 2.60. The molecule has 1 fully saturated rings. The van der Waals surface area contributed by atoms with Gasteiger partial charge >= 0.3 is 0 Å². The predicted octanol–water partition coefficient (Wildman–Crippen LogP) is 1.76. The molecule has 2 unspecified atom stereocenters. The summed E-state index contributed by atoms with van der Waals surface area (Å²) >= 11 is 0. The van der Waals surface area contributed by atoms with E-state index >= 15 is 0 Å². The lowest BCUT2D eigenvalue weighted by atomic mass is 9.98. The highest BCUT2D eigenvalue weighted by molar-refractivity contribution is 5.35. The first-order valence-corrected chi connectivity index (χ1v) is 3.67. The summed E-state index contributed by atoms with van der Waals surface area (Å²) in [4.78, 5) is 13.7. The first kappa shape index (κ1) is 7.49. The molecule has 0 aliphatic heterocycles. The zero-order valence-electron chi connectivity index (χ0n) is 6.72.